The van der Waals surface area contributed by atoms with Gasteiger partial charge < -0.3 is 10.1 Å². The van der Waals surface area contributed by atoms with Crippen LogP contribution in [0.2, 0.25) is 0 Å². The molecule has 0 aromatic carbocycles. The maximum absolute atomic E-state index is 5.69. The molecule has 1 aliphatic heterocycles. The van der Waals surface area contributed by atoms with Gasteiger partial charge in [-0.2, -0.15) is 9.61 Å². The van der Waals surface area contributed by atoms with Crippen LogP contribution in [0.25, 0.3) is 15.9 Å². The van der Waals surface area contributed by atoms with Gasteiger partial charge in [-0.1, -0.05) is 0 Å². The monoisotopic (exact) mass is 329 g/mol. The van der Waals surface area contributed by atoms with Crippen LogP contribution >= 0.6 is 11.3 Å². The number of ether oxygens (including phenoxy) is 1. The molecule has 1 atom stereocenters. The first-order valence-electron chi connectivity index (χ1n) is 8.39. The number of aryl methyl sites for hydroxylation is 2. The van der Waals surface area contributed by atoms with E-state index in [0.717, 1.165) is 48.8 Å². The molecule has 1 aliphatic carbocycles. The Kier molecular flexibility index (Phi) is 3.22. The van der Waals surface area contributed by atoms with Crippen molar-refractivity contribution in [3.63, 3.8) is 0 Å². The summed E-state index contributed by atoms with van der Waals surface area (Å²) in [6, 6.07) is 0. The molecule has 3 aromatic heterocycles. The molecule has 120 valence electrons. The Balaban J connectivity index is 1.60. The van der Waals surface area contributed by atoms with E-state index in [1.54, 1.807) is 6.33 Å². The zero-order chi connectivity index (χ0) is 15.2. The van der Waals surface area contributed by atoms with Crippen LogP contribution in [0.1, 0.15) is 36.1 Å². The first kappa shape index (κ1) is 13.7. The van der Waals surface area contributed by atoms with E-state index in [1.165, 1.54) is 35.1 Å². The maximum Gasteiger partial charge on any atom is 0.227 e. The fourth-order valence-electron chi connectivity index (χ4n) is 3.70. The molecule has 7 heteroatoms. The number of thiophene rings is 1. The second kappa shape index (κ2) is 5.42. The van der Waals surface area contributed by atoms with Crippen LogP contribution in [0, 0.1) is 0 Å². The lowest BCUT2D eigenvalue weighted by molar-refractivity contribution is 0.120. The third-order valence-corrected chi connectivity index (χ3v) is 6.03. The highest BCUT2D eigenvalue weighted by Gasteiger charge is 2.22. The molecule has 0 spiro atoms. The summed E-state index contributed by atoms with van der Waals surface area (Å²) < 4.78 is 7.54. The second-order valence-electron chi connectivity index (χ2n) is 6.34. The van der Waals surface area contributed by atoms with E-state index in [2.05, 4.69) is 15.4 Å². The summed E-state index contributed by atoms with van der Waals surface area (Å²) >= 11 is 1.83. The molecule has 1 unspecified atom stereocenters. The van der Waals surface area contributed by atoms with Crippen molar-refractivity contribution in [1.82, 2.24) is 19.6 Å². The van der Waals surface area contributed by atoms with Crippen LogP contribution in [0.5, 0.6) is 0 Å². The first-order chi connectivity index (χ1) is 11.4. The van der Waals surface area contributed by atoms with E-state index in [1.807, 2.05) is 15.9 Å². The lowest BCUT2D eigenvalue weighted by Gasteiger charge is -2.13. The van der Waals surface area contributed by atoms with Gasteiger partial charge >= 0.3 is 0 Å². The largest absolute Gasteiger partial charge is 0.376 e. The highest BCUT2D eigenvalue weighted by atomic mass is 32.1. The molecule has 1 N–H and O–H groups in total. The Morgan fingerprint density at radius 3 is 3.17 bits per heavy atom. The summed E-state index contributed by atoms with van der Waals surface area (Å²) in [4.78, 5) is 11.9. The van der Waals surface area contributed by atoms with E-state index in [0.29, 0.717) is 0 Å². The summed E-state index contributed by atoms with van der Waals surface area (Å²) in [7, 11) is 0. The lowest BCUT2D eigenvalue weighted by atomic mass is 9.97. The van der Waals surface area contributed by atoms with E-state index < -0.39 is 0 Å². The van der Waals surface area contributed by atoms with Gasteiger partial charge in [0.05, 0.1) is 11.5 Å². The highest BCUT2D eigenvalue weighted by Crippen LogP contribution is 2.37. The molecular weight excluding hydrogens is 310 g/mol. The van der Waals surface area contributed by atoms with E-state index in [-0.39, 0.29) is 6.10 Å². The Morgan fingerprint density at radius 2 is 2.26 bits per heavy atom. The van der Waals surface area contributed by atoms with Crippen molar-refractivity contribution in [3.05, 3.63) is 16.8 Å². The average Bonchev–Trinajstić information content (AvgIpc) is 3.30. The molecule has 1 saturated heterocycles. The number of fused-ring (bicyclic) bond motifs is 5. The molecule has 2 aliphatic rings. The molecule has 4 heterocycles. The molecule has 3 aromatic rings. The van der Waals surface area contributed by atoms with Crippen molar-refractivity contribution < 1.29 is 4.74 Å². The summed E-state index contributed by atoms with van der Waals surface area (Å²) in [5.41, 5.74) is 2.39. The van der Waals surface area contributed by atoms with Crippen molar-refractivity contribution in [2.75, 3.05) is 18.5 Å². The minimum atomic E-state index is 0.280. The van der Waals surface area contributed by atoms with Gasteiger partial charge in [-0.25, -0.2) is 9.97 Å². The standard InChI is InChI=1S/C16H19N5OS/c1-2-6-12-11(5-1)13-14-18-9-19-21(14)16(20-15(13)23-12)17-8-10-4-3-7-22-10/h9-10H,1-8H2,(H,17,20). The fraction of sp³-hybridized carbons (Fsp3) is 0.562. The smallest absolute Gasteiger partial charge is 0.227 e. The Bertz CT molecular complexity index is 864. The molecule has 0 amide bonds. The van der Waals surface area contributed by atoms with Crippen molar-refractivity contribution in [2.45, 2.75) is 44.6 Å². The van der Waals surface area contributed by atoms with E-state index in [9.17, 15) is 0 Å². The predicted octanol–water partition coefficient (Wildman–Crippen LogP) is 2.81. The maximum atomic E-state index is 5.69. The highest BCUT2D eigenvalue weighted by molar-refractivity contribution is 7.19. The second-order valence-corrected chi connectivity index (χ2v) is 7.42. The normalized spacial score (nSPS) is 21.1. The van der Waals surface area contributed by atoms with Crippen LogP contribution in [0.15, 0.2) is 6.33 Å². The van der Waals surface area contributed by atoms with Gasteiger partial charge in [0.2, 0.25) is 5.95 Å². The average molecular weight is 329 g/mol. The van der Waals surface area contributed by atoms with Crippen molar-refractivity contribution in [2.24, 2.45) is 0 Å². The van der Waals surface area contributed by atoms with E-state index in [4.69, 9.17) is 9.72 Å². The first-order valence-corrected chi connectivity index (χ1v) is 9.21. The van der Waals surface area contributed by atoms with Crippen LogP contribution in [-0.2, 0) is 17.6 Å². The molecule has 0 saturated carbocycles. The van der Waals surface area contributed by atoms with E-state index >= 15 is 0 Å². The van der Waals surface area contributed by atoms with Crippen molar-refractivity contribution >= 4 is 33.1 Å². The lowest BCUT2D eigenvalue weighted by Crippen LogP contribution is -2.20. The minimum absolute atomic E-state index is 0.280. The number of anilines is 1. The quantitative estimate of drug-likeness (QED) is 0.800. The van der Waals surface area contributed by atoms with Crippen molar-refractivity contribution in [3.8, 4) is 0 Å². The molecule has 23 heavy (non-hydrogen) atoms. The Morgan fingerprint density at radius 1 is 1.30 bits per heavy atom. The molecule has 5 rings (SSSR count). The van der Waals surface area contributed by atoms with Crippen LogP contribution in [0.3, 0.4) is 0 Å². The van der Waals surface area contributed by atoms with Gasteiger partial charge in [-0.05, 0) is 44.1 Å². The Labute approximate surface area is 137 Å². The fourth-order valence-corrected chi connectivity index (χ4v) is 4.95. The number of hydrogen-bond donors (Lipinski definition) is 1. The number of rotatable bonds is 3. The number of aromatic nitrogens is 4. The summed E-state index contributed by atoms with van der Waals surface area (Å²) in [5.74, 6) is 0.777. The SMILES string of the molecule is c1nc2c3c4c(sc3nc(NCC3CCCO3)n2n1)CCCC4. The number of nitrogens with one attached hydrogen (secondary N) is 1. The summed E-state index contributed by atoms with van der Waals surface area (Å²) in [5, 5.41) is 9.02. The molecule has 0 bridgehead atoms. The molecule has 6 nitrogen and oxygen atoms in total. The van der Waals surface area contributed by atoms with Crippen LogP contribution < -0.4 is 5.32 Å². The van der Waals surface area contributed by atoms with Gasteiger partial charge in [-0.3, -0.25) is 0 Å². The van der Waals surface area contributed by atoms with Gasteiger partial charge in [0.25, 0.3) is 0 Å². The third kappa shape index (κ3) is 2.21. The van der Waals surface area contributed by atoms with Gasteiger partial charge in [0, 0.05) is 18.0 Å². The molecular formula is C16H19N5OS. The molecule has 0 radical (unpaired) electrons. The zero-order valence-electron chi connectivity index (χ0n) is 12.9. The molecule has 1 fully saturated rings. The third-order valence-electron chi connectivity index (χ3n) is 4.84. The topological polar surface area (TPSA) is 64.3 Å². The zero-order valence-corrected chi connectivity index (χ0v) is 13.7. The number of hydrogen-bond acceptors (Lipinski definition) is 6. The van der Waals surface area contributed by atoms with Crippen molar-refractivity contribution in [1.29, 1.82) is 0 Å². The predicted molar refractivity (Wildman–Crippen MR) is 90.3 cm³/mol. The summed E-state index contributed by atoms with van der Waals surface area (Å²) in [6.45, 7) is 1.65. The number of nitrogens with zero attached hydrogens (tertiary/aromatic N) is 4. The van der Waals surface area contributed by atoms with Gasteiger partial charge in [0.15, 0.2) is 5.65 Å². The van der Waals surface area contributed by atoms with Gasteiger partial charge in [0.1, 0.15) is 11.2 Å². The minimum Gasteiger partial charge on any atom is -0.376 e. The Hall–Kier alpha value is -1.73. The van der Waals surface area contributed by atoms with Gasteiger partial charge in [-0.15, -0.1) is 11.3 Å². The van der Waals surface area contributed by atoms with Crippen LogP contribution in [0.4, 0.5) is 5.95 Å². The summed E-state index contributed by atoms with van der Waals surface area (Å²) in [6.07, 6.45) is 9.03. The van der Waals surface area contributed by atoms with Crippen LogP contribution in [-0.4, -0.2) is 38.8 Å².